The third-order valence-corrected chi connectivity index (χ3v) is 5.74. The SMILES string of the molecule is CCCOP(=S)(OCCC)Oc1nn(SC)c(Cl)c1Cl. The number of hydrogen-bond donors (Lipinski definition) is 0. The van der Waals surface area contributed by atoms with Crippen LogP contribution in [0, 0.1) is 0 Å². The summed E-state index contributed by atoms with van der Waals surface area (Å²) in [7, 11) is 0. The van der Waals surface area contributed by atoms with Crippen LogP contribution in [0.25, 0.3) is 0 Å². The molecule has 0 unspecified atom stereocenters. The van der Waals surface area contributed by atoms with Gasteiger partial charge in [0.05, 0.1) is 13.2 Å². The summed E-state index contributed by atoms with van der Waals surface area (Å²) in [5, 5.41) is 4.61. The Morgan fingerprint density at radius 1 is 1.25 bits per heavy atom. The highest BCUT2D eigenvalue weighted by Crippen LogP contribution is 2.52. The van der Waals surface area contributed by atoms with Gasteiger partial charge in [-0.1, -0.05) is 37.0 Å². The zero-order valence-electron chi connectivity index (χ0n) is 11.5. The Bertz CT molecular complexity index is 475. The van der Waals surface area contributed by atoms with Crippen molar-refractivity contribution in [2.24, 2.45) is 0 Å². The van der Waals surface area contributed by atoms with Gasteiger partial charge in [-0.05, 0) is 24.8 Å². The highest BCUT2D eigenvalue weighted by molar-refractivity contribution is 8.07. The van der Waals surface area contributed by atoms with E-state index in [9.17, 15) is 0 Å². The lowest BCUT2D eigenvalue weighted by Gasteiger charge is -2.20. The van der Waals surface area contributed by atoms with Crippen LogP contribution < -0.4 is 4.52 Å². The van der Waals surface area contributed by atoms with Crippen molar-refractivity contribution >= 4 is 53.7 Å². The van der Waals surface area contributed by atoms with Crippen molar-refractivity contribution in [1.82, 2.24) is 9.19 Å². The second-order valence-corrected chi connectivity index (χ2v) is 8.05. The molecular weight excluding hydrogens is 362 g/mol. The molecule has 0 saturated heterocycles. The van der Waals surface area contributed by atoms with E-state index in [4.69, 9.17) is 48.6 Å². The van der Waals surface area contributed by atoms with Gasteiger partial charge in [0.2, 0.25) is 0 Å². The van der Waals surface area contributed by atoms with Gasteiger partial charge in [-0.25, -0.2) is 0 Å². The van der Waals surface area contributed by atoms with Gasteiger partial charge in [0.25, 0.3) is 5.88 Å². The largest absolute Gasteiger partial charge is 0.402 e. The Hall–Kier alpha value is 0.510. The Kier molecular flexibility index (Phi) is 8.20. The van der Waals surface area contributed by atoms with Gasteiger partial charge in [0, 0.05) is 18.1 Å². The summed E-state index contributed by atoms with van der Waals surface area (Å²) in [6.45, 7) is 1.95. The molecule has 0 aliphatic heterocycles. The predicted octanol–water partition coefficient (Wildman–Crippen LogP) is 4.77. The second kappa shape index (κ2) is 8.83. The number of nitrogens with zero attached hydrogens (tertiary/aromatic N) is 2. The summed E-state index contributed by atoms with van der Waals surface area (Å²) in [6.07, 6.45) is 3.44. The summed E-state index contributed by atoms with van der Waals surface area (Å²) < 4.78 is 18.2. The van der Waals surface area contributed by atoms with E-state index >= 15 is 0 Å². The zero-order chi connectivity index (χ0) is 15.2. The normalized spacial score (nSPS) is 11.8. The molecular formula is C10H17Cl2N2O3PS2. The molecule has 0 amide bonds. The molecule has 116 valence electrons. The fourth-order valence-electron chi connectivity index (χ4n) is 1.12. The maximum Gasteiger partial charge on any atom is 0.381 e. The molecule has 0 aliphatic rings. The molecule has 0 bridgehead atoms. The van der Waals surface area contributed by atoms with Crippen molar-refractivity contribution in [1.29, 1.82) is 0 Å². The number of rotatable bonds is 9. The zero-order valence-corrected chi connectivity index (χ0v) is 15.5. The number of halogens is 2. The van der Waals surface area contributed by atoms with Crippen molar-refractivity contribution in [3.63, 3.8) is 0 Å². The summed E-state index contributed by atoms with van der Waals surface area (Å²) >= 11 is 18.7. The summed E-state index contributed by atoms with van der Waals surface area (Å²) in [6, 6.07) is 0. The van der Waals surface area contributed by atoms with Crippen LogP contribution >= 0.6 is 41.9 Å². The average molecular weight is 379 g/mol. The van der Waals surface area contributed by atoms with E-state index in [1.54, 1.807) is 0 Å². The van der Waals surface area contributed by atoms with E-state index in [2.05, 4.69) is 5.10 Å². The minimum absolute atomic E-state index is 0.140. The molecule has 1 aromatic rings. The van der Waals surface area contributed by atoms with E-state index in [-0.39, 0.29) is 16.1 Å². The van der Waals surface area contributed by atoms with Gasteiger partial charge in [0.1, 0.15) is 5.02 Å². The van der Waals surface area contributed by atoms with Crippen molar-refractivity contribution in [3.8, 4) is 5.88 Å². The Balaban J connectivity index is 2.91. The lowest BCUT2D eigenvalue weighted by Crippen LogP contribution is -2.04. The van der Waals surface area contributed by atoms with Gasteiger partial charge in [-0.15, -0.1) is 5.10 Å². The molecule has 0 aliphatic carbocycles. The van der Waals surface area contributed by atoms with Crippen molar-refractivity contribution in [2.45, 2.75) is 26.7 Å². The van der Waals surface area contributed by atoms with Crippen LogP contribution in [0.4, 0.5) is 0 Å². The maximum absolute atomic E-state index is 6.07. The molecule has 1 aromatic heterocycles. The molecule has 20 heavy (non-hydrogen) atoms. The minimum Gasteiger partial charge on any atom is -0.402 e. The molecule has 0 spiro atoms. The monoisotopic (exact) mass is 378 g/mol. The Morgan fingerprint density at radius 2 is 1.80 bits per heavy atom. The maximum atomic E-state index is 6.07. The number of aromatic nitrogens is 2. The summed E-state index contributed by atoms with van der Waals surface area (Å²) in [5.41, 5.74) is 0. The first-order valence-electron chi connectivity index (χ1n) is 6.04. The van der Waals surface area contributed by atoms with Crippen LogP contribution in [0.15, 0.2) is 0 Å². The van der Waals surface area contributed by atoms with E-state index < -0.39 is 6.72 Å². The molecule has 1 rings (SSSR count). The topological polar surface area (TPSA) is 45.5 Å². The second-order valence-electron chi connectivity index (χ2n) is 3.67. The third-order valence-electron chi connectivity index (χ3n) is 2.00. The van der Waals surface area contributed by atoms with Gasteiger partial charge in [-0.2, -0.15) is 4.09 Å². The average Bonchev–Trinajstić information content (AvgIpc) is 2.71. The first-order valence-corrected chi connectivity index (χ1v) is 10.5. The molecule has 0 aromatic carbocycles. The molecule has 0 radical (unpaired) electrons. The highest BCUT2D eigenvalue weighted by atomic mass is 35.5. The fraction of sp³-hybridized carbons (Fsp3) is 0.700. The van der Waals surface area contributed by atoms with Gasteiger partial charge in [-0.3, -0.25) is 9.05 Å². The molecule has 1 heterocycles. The molecule has 10 heteroatoms. The first-order chi connectivity index (χ1) is 9.47. The molecule has 0 saturated carbocycles. The summed E-state index contributed by atoms with van der Waals surface area (Å²) in [4.78, 5) is 0. The fourth-order valence-corrected chi connectivity index (χ4v) is 4.11. The predicted molar refractivity (Wildman–Crippen MR) is 88.6 cm³/mol. The molecule has 5 nitrogen and oxygen atoms in total. The third kappa shape index (κ3) is 5.05. The van der Waals surface area contributed by atoms with Crippen LogP contribution in [0.1, 0.15) is 26.7 Å². The van der Waals surface area contributed by atoms with Gasteiger partial charge in [0.15, 0.2) is 5.15 Å². The first kappa shape index (κ1) is 18.6. The quantitative estimate of drug-likeness (QED) is 0.576. The van der Waals surface area contributed by atoms with E-state index in [0.717, 1.165) is 12.8 Å². The molecule has 0 fully saturated rings. The van der Waals surface area contributed by atoms with Crippen LogP contribution in [0.5, 0.6) is 5.88 Å². The number of hydrogen-bond acceptors (Lipinski definition) is 6. The van der Waals surface area contributed by atoms with Crippen molar-refractivity contribution in [2.75, 3.05) is 19.5 Å². The molecule has 0 N–H and O–H groups in total. The standard InChI is InChI=1S/C10H17Cl2N2O3PS2/c1-4-6-15-18(19,16-7-5-2)17-10-8(11)9(12)14(13-10)20-3/h4-7H2,1-3H3. The van der Waals surface area contributed by atoms with E-state index in [1.165, 1.54) is 16.0 Å². The van der Waals surface area contributed by atoms with Crippen LogP contribution in [-0.2, 0) is 20.9 Å². The van der Waals surface area contributed by atoms with Crippen LogP contribution in [0.3, 0.4) is 0 Å². The highest BCUT2D eigenvalue weighted by Gasteiger charge is 2.27. The van der Waals surface area contributed by atoms with Crippen LogP contribution in [-0.4, -0.2) is 28.7 Å². The van der Waals surface area contributed by atoms with Gasteiger partial charge >= 0.3 is 6.72 Å². The smallest absolute Gasteiger partial charge is 0.381 e. The van der Waals surface area contributed by atoms with E-state index in [0.29, 0.717) is 13.2 Å². The minimum atomic E-state index is -2.91. The Labute approximate surface area is 138 Å². The van der Waals surface area contributed by atoms with Crippen molar-refractivity contribution < 1.29 is 13.6 Å². The van der Waals surface area contributed by atoms with Crippen molar-refractivity contribution in [3.05, 3.63) is 10.2 Å². The lowest BCUT2D eigenvalue weighted by atomic mass is 10.5. The molecule has 0 atom stereocenters. The van der Waals surface area contributed by atoms with Crippen LogP contribution in [0.2, 0.25) is 10.2 Å². The summed E-state index contributed by atoms with van der Waals surface area (Å²) in [5.74, 6) is 0.140. The van der Waals surface area contributed by atoms with E-state index in [1.807, 2.05) is 20.1 Å². The lowest BCUT2D eigenvalue weighted by molar-refractivity contribution is 0.200. The van der Waals surface area contributed by atoms with Gasteiger partial charge < -0.3 is 4.52 Å². The Morgan fingerprint density at radius 3 is 2.20 bits per heavy atom.